The number of carbonyl (C=O) groups excluding carboxylic acids is 2. The average Bonchev–Trinajstić information content (AvgIpc) is 3.05. The van der Waals surface area contributed by atoms with Gasteiger partial charge >= 0.3 is 0 Å². The van der Waals surface area contributed by atoms with Gasteiger partial charge in [-0.25, -0.2) is 23.7 Å². The Morgan fingerprint density at radius 2 is 1.98 bits per heavy atom. The molecule has 3 heterocycles. The number of aliphatic imine (C=N–C) groups is 3. The van der Waals surface area contributed by atoms with Crippen LogP contribution in [0.25, 0.3) is 0 Å². The highest BCUT2D eigenvalue weighted by Gasteiger charge is 2.23. The van der Waals surface area contributed by atoms with E-state index in [1.807, 2.05) is 11.9 Å². The molecule has 2 amide bonds. The quantitative estimate of drug-likeness (QED) is 0.0951. The van der Waals surface area contributed by atoms with E-state index >= 15 is 0 Å². The van der Waals surface area contributed by atoms with E-state index in [2.05, 4.69) is 48.9 Å². The fourth-order valence-corrected chi connectivity index (χ4v) is 4.33. The molecule has 0 saturated carbocycles. The van der Waals surface area contributed by atoms with Gasteiger partial charge < -0.3 is 35.6 Å². The van der Waals surface area contributed by atoms with E-state index in [9.17, 15) is 18.4 Å². The summed E-state index contributed by atoms with van der Waals surface area (Å²) in [6.07, 6.45) is 3.30. The lowest BCUT2D eigenvalue weighted by Crippen LogP contribution is -2.40. The molecule has 244 valence electrons. The van der Waals surface area contributed by atoms with Gasteiger partial charge in [-0.3, -0.25) is 14.6 Å². The number of piperidine rings is 1. The minimum atomic E-state index is -2.90. The van der Waals surface area contributed by atoms with Crippen LogP contribution in [0.15, 0.2) is 33.8 Å². The minimum absolute atomic E-state index is 0.0492. The van der Waals surface area contributed by atoms with Gasteiger partial charge in [0, 0.05) is 52.1 Å². The number of carbonyl (C=O) groups is 2. The summed E-state index contributed by atoms with van der Waals surface area (Å²) in [7, 11) is 1.95. The Hall–Kier alpha value is -3.89. The first kappa shape index (κ1) is 36.3. The number of likely N-dealkylation sites (tertiary alicyclic amines) is 1. The number of hydrogen-bond acceptors (Lipinski definition) is 9. The molecule has 4 N–H and O–H groups in total. The number of nitrogens with zero attached hydrogens (tertiary/aromatic N) is 7. The van der Waals surface area contributed by atoms with Crippen molar-refractivity contribution in [2.45, 2.75) is 25.7 Å². The molecule has 44 heavy (non-hydrogen) atoms. The van der Waals surface area contributed by atoms with Gasteiger partial charge in [0.25, 0.3) is 6.43 Å². The van der Waals surface area contributed by atoms with E-state index in [0.717, 1.165) is 58.3 Å². The van der Waals surface area contributed by atoms with Crippen LogP contribution in [0.1, 0.15) is 36.9 Å². The van der Waals surface area contributed by atoms with Crippen molar-refractivity contribution >= 4 is 36.8 Å². The van der Waals surface area contributed by atoms with E-state index in [-0.39, 0.29) is 42.3 Å². The molecule has 0 aromatic carbocycles. The summed E-state index contributed by atoms with van der Waals surface area (Å²) >= 11 is 0. The monoisotopic (exact) mass is 622 g/mol. The number of amidine groups is 1. The predicted octanol–water partition coefficient (Wildman–Crippen LogP) is 0.915. The van der Waals surface area contributed by atoms with Crippen LogP contribution in [-0.4, -0.2) is 130 Å². The second-order valence-corrected chi connectivity index (χ2v) is 9.78. The van der Waals surface area contributed by atoms with Crippen molar-refractivity contribution in [2.24, 2.45) is 20.9 Å². The average molecular weight is 623 g/mol. The third-order valence-electron chi connectivity index (χ3n) is 6.70. The van der Waals surface area contributed by atoms with Crippen molar-refractivity contribution in [3.05, 3.63) is 30.1 Å². The van der Waals surface area contributed by atoms with E-state index in [0.29, 0.717) is 38.6 Å². The highest BCUT2D eigenvalue weighted by molar-refractivity contribution is 6.07. The maximum atomic E-state index is 13.4. The number of halogens is 2. The highest BCUT2D eigenvalue weighted by atomic mass is 19.3. The fraction of sp³-hybridized carbons (Fsp3) is 0.607. The van der Waals surface area contributed by atoms with Crippen molar-refractivity contribution in [1.29, 1.82) is 0 Å². The molecular formula is C28H44F2N10O4. The molecule has 0 spiro atoms. The van der Waals surface area contributed by atoms with E-state index in [4.69, 9.17) is 15.2 Å². The zero-order valence-corrected chi connectivity index (χ0v) is 25.3. The number of nitrogen functional groups attached to an aromatic ring is 1. The van der Waals surface area contributed by atoms with Crippen LogP contribution in [0.3, 0.4) is 0 Å². The maximum absolute atomic E-state index is 13.4. The first-order valence-electron chi connectivity index (χ1n) is 14.5. The summed E-state index contributed by atoms with van der Waals surface area (Å²) in [5, 5.41) is 5.53. The summed E-state index contributed by atoms with van der Waals surface area (Å²) < 4.78 is 37.7. The second kappa shape index (κ2) is 20.9. The Morgan fingerprint density at radius 3 is 2.59 bits per heavy atom. The number of ether oxygens (including phenoxy) is 2. The van der Waals surface area contributed by atoms with Crippen LogP contribution in [0.4, 0.5) is 14.7 Å². The molecule has 0 bridgehead atoms. The topological polar surface area (TPSA) is 172 Å². The molecule has 0 radical (unpaired) electrons. The number of aromatic nitrogens is 2. The Kier molecular flexibility index (Phi) is 17.3. The number of alkyl halides is 2. The fourth-order valence-electron chi connectivity index (χ4n) is 4.33. The highest BCUT2D eigenvalue weighted by Crippen LogP contribution is 2.22. The molecule has 0 unspecified atom stereocenters. The van der Waals surface area contributed by atoms with E-state index < -0.39 is 12.1 Å². The molecule has 2 saturated heterocycles. The van der Waals surface area contributed by atoms with Gasteiger partial charge in [0.2, 0.25) is 24.2 Å². The Morgan fingerprint density at radius 1 is 1.25 bits per heavy atom. The molecule has 2 aliphatic heterocycles. The van der Waals surface area contributed by atoms with Crippen LogP contribution in [0, 0.1) is 5.92 Å². The number of amides is 2. The number of morpholine rings is 1. The number of rotatable bonds is 13. The SMILES string of the molecule is C=CC(=O)N1CCC(COCCCNC)CC1.C=NC(=NC(=NCCNC=O)c1cnc(N)nc1C(F)F)N1CCOCC1. The van der Waals surface area contributed by atoms with Crippen molar-refractivity contribution < 1.29 is 27.8 Å². The standard InChI is InChI=1S/C15H20F2N8O2.C13H24N2O2/c1-19-15(25-4-6-27-7-5-25)24-13(21-3-2-20-9-26)10-8-22-14(18)23-11(10)12(16)17;1-3-13(16)15-8-5-12(6-9-15)11-17-10-4-7-14-2/h8-9,12H,1-7H2,(H,20,26)(H2,18,22,23);3,12,14H,1,4-11H2,2H3. The Bertz CT molecular complexity index is 1110. The number of nitrogens with two attached hydrogens (primary N) is 1. The van der Waals surface area contributed by atoms with Crippen molar-refractivity contribution in [2.75, 3.05) is 85.0 Å². The van der Waals surface area contributed by atoms with Crippen molar-refractivity contribution in [1.82, 2.24) is 30.4 Å². The molecule has 2 fully saturated rings. The summed E-state index contributed by atoms with van der Waals surface area (Å²) in [6, 6.07) is 0. The normalized spacial score (nSPS) is 16.3. The van der Waals surface area contributed by atoms with Crippen LogP contribution in [-0.2, 0) is 19.1 Å². The Labute approximate surface area is 256 Å². The molecule has 1 aromatic rings. The molecular weight excluding hydrogens is 578 g/mol. The number of guanidine groups is 1. The van der Waals surface area contributed by atoms with Crippen LogP contribution >= 0.6 is 0 Å². The molecule has 3 rings (SSSR count). The second-order valence-electron chi connectivity index (χ2n) is 9.78. The first-order chi connectivity index (χ1) is 21.3. The summed E-state index contributed by atoms with van der Waals surface area (Å²) in [4.78, 5) is 45.1. The molecule has 16 heteroatoms. The van der Waals surface area contributed by atoms with Gasteiger partial charge in [0.15, 0.2) is 5.84 Å². The molecule has 0 atom stereocenters. The third-order valence-corrected chi connectivity index (χ3v) is 6.70. The molecule has 0 aliphatic carbocycles. The number of hydrogen-bond donors (Lipinski definition) is 3. The number of anilines is 1. The van der Waals surface area contributed by atoms with Gasteiger partial charge in [0.1, 0.15) is 5.69 Å². The Balaban J connectivity index is 0.000000342. The van der Waals surface area contributed by atoms with Gasteiger partial charge in [-0.05, 0) is 51.6 Å². The van der Waals surface area contributed by atoms with Gasteiger partial charge in [0.05, 0.1) is 25.3 Å². The van der Waals surface area contributed by atoms with Gasteiger partial charge in [-0.1, -0.05) is 6.58 Å². The van der Waals surface area contributed by atoms with Crippen molar-refractivity contribution in [3.8, 4) is 0 Å². The minimum Gasteiger partial charge on any atom is -0.381 e. The molecule has 2 aliphatic rings. The number of nitrogens with one attached hydrogen (secondary N) is 2. The first-order valence-corrected chi connectivity index (χ1v) is 14.5. The molecule has 14 nitrogen and oxygen atoms in total. The van der Waals surface area contributed by atoms with E-state index in [1.165, 1.54) is 6.08 Å². The van der Waals surface area contributed by atoms with Crippen LogP contribution in [0.5, 0.6) is 0 Å². The molecule has 1 aromatic heterocycles. The zero-order chi connectivity index (χ0) is 32.2. The summed E-state index contributed by atoms with van der Waals surface area (Å²) in [5.41, 5.74) is 4.76. The van der Waals surface area contributed by atoms with Gasteiger partial charge in [-0.15, -0.1) is 0 Å². The lowest BCUT2D eigenvalue weighted by molar-refractivity contribution is -0.127. The lowest BCUT2D eigenvalue weighted by Gasteiger charge is -2.31. The lowest BCUT2D eigenvalue weighted by atomic mass is 9.98. The summed E-state index contributed by atoms with van der Waals surface area (Å²) in [6.45, 7) is 13.7. The van der Waals surface area contributed by atoms with Crippen LogP contribution < -0.4 is 16.4 Å². The van der Waals surface area contributed by atoms with Crippen LogP contribution in [0.2, 0.25) is 0 Å². The van der Waals surface area contributed by atoms with E-state index in [1.54, 1.807) is 4.90 Å². The zero-order valence-electron chi connectivity index (χ0n) is 25.3. The van der Waals surface area contributed by atoms with Gasteiger partial charge in [-0.2, -0.15) is 4.99 Å². The van der Waals surface area contributed by atoms with Crippen molar-refractivity contribution in [3.63, 3.8) is 0 Å². The smallest absolute Gasteiger partial charge is 0.281 e. The largest absolute Gasteiger partial charge is 0.381 e. The maximum Gasteiger partial charge on any atom is 0.281 e. The predicted molar refractivity (Wildman–Crippen MR) is 165 cm³/mol. The third kappa shape index (κ3) is 12.8. The summed E-state index contributed by atoms with van der Waals surface area (Å²) in [5.74, 6) is 0.552.